The summed E-state index contributed by atoms with van der Waals surface area (Å²) < 4.78 is 43.5. The topological polar surface area (TPSA) is 155 Å². The molecule has 1 aromatic carbocycles. The summed E-state index contributed by atoms with van der Waals surface area (Å²) in [6, 6.07) is 9.03. The van der Waals surface area contributed by atoms with Crippen LogP contribution in [0.15, 0.2) is 30.3 Å². The van der Waals surface area contributed by atoms with Crippen molar-refractivity contribution in [2.24, 2.45) is 5.41 Å². The van der Waals surface area contributed by atoms with Gasteiger partial charge in [-0.3, -0.25) is 8.98 Å². The van der Waals surface area contributed by atoms with E-state index in [1.165, 1.54) is 20.8 Å². The Morgan fingerprint density at radius 2 is 1.76 bits per heavy atom. The predicted octanol–water partition coefficient (Wildman–Crippen LogP) is 2.05. The first-order valence-corrected chi connectivity index (χ1v) is 12.3. The monoisotopic (exact) mass is 503 g/mol. The Balaban J connectivity index is 2.44. The largest absolute Gasteiger partial charge is 0.511 e. The predicted molar refractivity (Wildman–Crippen MR) is 121 cm³/mol. The molecule has 0 radical (unpaired) electrons. The number of hydrogen-bond donors (Lipinski definition) is 2. The van der Waals surface area contributed by atoms with E-state index >= 15 is 0 Å². The van der Waals surface area contributed by atoms with E-state index in [0.717, 1.165) is 5.56 Å². The molecule has 192 valence electrons. The summed E-state index contributed by atoms with van der Waals surface area (Å²) in [5.41, 5.74) is -0.552. The third kappa shape index (κ3) is 10.9. The lowest BCUT2D eigenvalue weighted by Crippen LogP contribution is -2.42. The Bertz CT molecular complexity index is 902. The van der Waals surface area contributed by atoms with E-state index in [-0.39, 0.29) is 24.6 Å². The van der Waals surface area contributed by atoms with Crippen LogP contribution < -0.4 is 5.32 Å². The van der Waals surface area contributed by atoms with Gasteiger partial charge in [-0.1, -0.05) is 51.1 Å². The number of carbonyl (C=O) groups is 3. The van der Waals surface area contributed by atoms with Crippen LogP contribution in [0.25, 0.3) is 0 Å². The first-order valence-electron chi connectivity index (χ1n) is 10.7. The van der Waals surface area contributed by atoms with Gasteiger partial charge in [0.15, 0.2) is 6.10 Å². The van der Waals surface area contributed by atoms with Gasteiger partial charge in [-0.2, -0.15) is 8.42 Å². The Hall–Kier alpha value is -2.70. The minimum atomic E-state index is -3.94. The molecular weight excluding hydrogens is 470 g/mol. The molecule has 2 atom stereocenters. The average molecular weight is 504 g/mol. The number of esters is 1. The molecule has 1 amide bonds. The first kappa shape index (κ1) is 29.3. The number of amides is 1. The molecule has 0 heterocycles. The highest BCUT2D eigenvalue weighted by molar-refractivity contribution is 7.86. The lowest BCUT2D eigenvalue weighted by atomic mass is 9.88. The Labute approximate surface area is 199 Å². The molecule has 0 saturated heterocycles. The third-order valence-corrected chi connectivity index (χ3v) is 5.94. The van der Waals surface area contributed by atoms with Gasteiger partial charge in [0.1, 0.15) is 6.10 Å². The number of aliphatic hydroxyl groups is 1. The fourth-order valence-electron chi connectivity index (χ4n) is 2.63. The van der Waals surface area contributed by atoms with Crippen LogP contribution in [0.2, 0.25) is 0 Å². The summed E-state index contributed by atoms with van der Waals surface area (Å²) in [7, 11) is -3.94. The lowest BCUT2D eigenvalue weighted by Gasteiger charge is -2.28. The molecule has 1 rings (SSSR count). The standard InChI is InChI=1S/C22H33NO10S/c1-5-18(17-10-7-6-8-11-17)33-21(27)31-15-30-20(26)19(25)22(3,4)14-32-34(28,29)13-9-12-23-16(2)24/h6-8,10-11,18-19,25H,5,9,12-15H2,1-4H3,(H,23,24)/t18?,19-/m0/s1. The molecule has 34 heavy (non-hydrogen) atoms. The number of hydrogen-bond acceptors (Lipinski definition) is 10. The molecule has 0 aliphatic rings. The molecule has 12 heteroatoms. The highest BCUT2D eigenvalue weighted by Gasteiger charge is 2.37. The minimum Gasteiger partial charge on any atom is -0.426 e. The average Bonchev–Trinajstić information content (AvgIpc) is 2.79. The van der Waals surface area contributed by atoms with Gasteiger partial charge in [0, 0.05) is 18.9 Å². The summed E-state index contributed by atoms with van der Waals surface area (Å²) in [6.45, 7) is 4.84. The Morgan fingerprint density at radius 1 is 1.12 bits per heavy atom. The van der Waals surface area contributed by atoms with Crippen molar-refractivity contribution in [1.82, 2.24) is 5.32 Å². The van der Waals surface area contributed by atoms with E-state index < -0.39 is 53.3 Å². The fourth-order valence-corrected chi connectivity index (χ4v) is 3.73. The van der Waals surface area contributed by atoms with Crippen LogP contribution in [-0.4, -0.2) is 63.4 Å². The van der Waals surface area contributed by atoms with E-state index in [9.17, 15) is 27.9 Å². The van der Waals surface area contributed by atoms with Crippen LogP contribution in [0.3, 0.4) is 0 Å². The summed E-state index contributed by atoms with van der Waals surface area (Å²) in [5.74, 6) is -1.75. The smallest absolute Gasteiger partial charge is 0.426 e. The van der Waals surface area contributed by atoms with Crippen molar-refractivity contribution < 1.29 is 46.3 Å². The zero-order valence-corrected chi connectivity index (χ0v) is 20.6. The quantitative estimate of drug-likeness (QED) is 0.167. The van der Waals surface area contributed by atoms with Crippen molar-refractivity contribution in [1.29, 1.82) is 0 Å². The molecule has 0 fully saturated rings. The van der Waals surface area contributed by atoms with Crippen molar-refractivity contribution in [2.75, 3.05) is 25.7 Å². The van der Waals surface area contributed by atoms with E-state index in [2.05, 4.69) is 5.32 Å². The maximum absolute atomic E-state index is 12.1. The molecule has 0 aliphatic carbocycles. The van der Waals surface area contributed by atoms with E-state index in [4.69, 9.17) is 18.4 Å². The van der Waals surface area contributed by atoms with Crippen LogP contribution >= 0.6 is 0 Å². The summed E-state index contributed by atoms with van der Waals surface area (Å²) in [4.78, 5) is 34.8. The van der Waals surface area contributed by atoms with Gasteiger partial charge >= 0.3 is 12.1 Å². The van der Waals surface area contributed by atoms with Gasteiger partial charge in [-0.15, -0.1) is 0 Å². The highest BCUT2D eigenvalue weighted by Crippen LogP contribution is 2.24. The number of benzene rings is 1. The molecule has 0 spiro atoms. The maximum atomic E-state index is 12.1. The van der Waals surface area contributed by atoms with Crippen molar-refractivity contribution in [3.63, 3.8) is 0 Å². The number of carbonyl (C=O) groups excluding carboxylic acids is 3. The molecule has 0 aliphatic heterocycles. The molecule has 0 bridgehead atoms. The fraction of sp³-hybridized carbons (Fsp3) is 0.591. The minimum absolute atomic E-state index is 0.142. The normalized spacial score (nSPS) is 13.4. The van der Waals surface area contributed by atoms with Crippen LogP contribution in [-0.2, 0) is 38.1 Å². The Kier molecular flexibility index (Phi) is 12.0. The maximum Gasteiger partial charge on any atom is 0.511 e. The summed E-state index contributed by atoms with van der Waals surface area (Å²) in [6.07, 6.45) is -2.70. The SMILES string of the molecule is CCC(OC(=O)OCOC(=O)[C@H](O)C(C)(C)COS(=O)(=O)CCCNC(C)=O)c1ccccc1. The van der Waals surface area contributed by atoms with E-state index in [1.807, 2.05) is 13.0 Å². The van der Waals surface area contributed by atoms with Crippen LogP contribution in [0.1, 0.15) is 52.2 Å². The van der Waals surface area contributed by atoms with Crippen molar-refractivity contribution in [3.05, 3.63) is 35.9 Å². The Morgan fingerprint density at radius 3 is 2.35 bits per heavy atom. The van der Waals surface area contributed by atoms with Crippen molar-refractivity contribution >= 4 is 28.1 Å². The molecule has 1 unspecified atom stereocenters. The number of ether oxygens (including phenoxy) is 3. The summed E-state index contributed by atoms with van der Waals surface area (Å²) >= 11 is 0. The van der Waals surface area contributed by atoms with E-state index in [0.29, 0.717) is 6.42 Å². The van der Waals surface area contributed by atoms with Gasteiger partial charge in [0.05, 0.1) is 12.4 Å². The van der Waals surface area contributed by atoms with Crippen LogP contribution in [0, 0.1) is 5.41 Å². The van der Waals surface area contributed by atoms with Gasteiger partial charge in [0.2, 0.25) is 12.7 Å². The van der Waals surface area contributed by atoms with Gasteiger partial charge < -0.3 is 24.6 Å². The second kappa shape index (κ2) is 13.9. The zero-order valence-electron chi connectivity index (χ0n) is 19.8. The highest BCUT2D eigenvalue weighted by atomic mass is 32.2. The molecule has 11 nitrogen and oxygen atoms in total. The summed E-state index contributed by atoms with van der Waals surface area (Å²) in [5, 5.41) is 12.7. The number of nitrogens with one attached hydrogen (secondary N) is 1. The second-order valence-corrected chi connectivity index (χ2v) is 9.91. The molecule has 2 N–H and O–H groups in total. The number of rotatable bonds is 14. The zero-order chi connectivity index (χ0) is 25.8. The van der Waals surface area contributed by atoms with Crippen molar-refractivity contribution in [2.45, 2.75) is 52.7 Å². The number of aliphatic hydroxyl groups excluding tert-OH is 1. The third-order valence-electron chi connectivity index (χ3n) is 4.68. The molecule has 0 saturated carbocycles. The lowest BCUT2D eigenvalue weighted by molar-refractivity contribution is -0.171. The van der Waals surface area contributed by atoms with Gasteiger partial charge in [-0.05, 0) is 18.4 Å². The van der Waals surface area contributed by atoms with Crippen molar-refractivity contribution in [3.8, 4) is 0 Å². The van der Waals surface area contributed by atoms with Gasteiger partial charge in [-0.25, -0.2) is 9.59 Å². The van der Waals surface area contributed by atoms with Crippen LogP contribution in [0.4, 0.5) is 4.79 Å². The van der Waals surface area contributed by atoms with Crippen LogP contribution in [0.5, 0.6) is 0 Å². The molecule has 0 aromatic heterocycles. The second-order valence-electron chi connectivity index (χ2n) is 8.15. The first-order chi connectivity index (χ1) is 15.9. The van der Waals surface area contributed by atoms with E-state index in [1.54, 1.807) is 24.3 Å². The molecular formula is C22H33NO10S. The molecule has 1 aromatic rings. The van der Waals surface area contributed by atoms with Gasteiger partial charge in [0.25, 0.3) is 10.1 Å².